The van der Waals surface area contributed by atoms with Crippen LogP contribution in [0.3, 0.4) is 0 Å². The maximum Gasteiger partial charge on any atom is 0.252 e. The number of ether oxygens (including phenoxy) is 1. The fourth-order valence-electron chi connectivity index (χ4n) is 2.55. The molecule has 0 saturated carbocycles. The van der Waals surface area contributed by atoms with Gasteiger partial charge in [0.2, 0.25) is 4.80 Å². The Kier molecular flexibility index (Phi) is 6.75. The second-order valence-corrected chi connectivity index (χ2v) is 7.02. The number of hydrogen-bond donors (Lipinski definition) is 1. The average Bonchev–Trinajstić information content (AvgIpc) is 2.95. The minimum atomic E-state index is -0.510. The zero-order valence-corrected chi connectivity index (χ0v) is 16.1. The van der Waals surface area contributed by atoms with Crippen LogP contribution >= 0.6 is 11.3 Å². The third-order valence-electron chi connectivity index (χ3n) is 3.98. The van der Waals surface area contributed by atoms with Gasteiger partial charge in [0.15, 0.2) is 0 Å². The van der Waals surface area contributed by atoms with Gasteiger partial charge in [0.1, 0.15) is 10.8 Å². The molecular formula is C18H26N4O2S. The molecular weight excluding hydrogens is 336 g/mol. The molecule has 6 nitrogen and oxygen atoms in total. The topological polar surface area (TPSA) is 82.5 Å². The van der Waals surface area contributed by atoms with E-state index in [2.05, 4.69) is 18.9 Å². The smallest absolute Gasteiger partial charge is 0.252 e. The monoisotopic (exact) mass is 362 g/mol. The van der Waals surface area contributed by atoms with Gasteiger partial charge in [-0.1, -0.05) is 43.6 Å². The van der Waals surface area contributed by atoms with Crippen LogP contribution in [0.25, 0.3) is 10.6 Å². The van der Waals surface area contributed by atoms with E-state index in [0.717, 1.165) is 21.8 Å². The van der Waals surface area contributed by atoms with E-state index in [1.807, 2.05) is 13.1 Å². The summed E-state index contributed by atoms with van der Waals surface area (Å²) in [5, 5.41) is 5.38. The summed E-state index contributed by atoms with van der Waals surface area (Å²) in [6, 6.07) is 5.56. The number of nitrogens with two attached hydrogens (primary N) is 1. The number of aromatic nitrogens is 2. The molecule has 1 atom stereocenters. The fourth-order valence-corrected chi connectivity index (χ4v) is 3.54. The molecule has 0 saturated heterocycles. The van der Waals surface area contributed by atoms with Crippen molar-refractivity contribution in [2.24, 2.45) is 17.8 Å². The number of nitrogens with zero attached hydrogens (tertiary/aromatic N) is 3. The second kappa shape index (κ2) is 8.80. The summed E-state index contributed by atoms with van der Waals surface area (Å²) in [6.07, 6.45) is 4.74. The predicted octanol–water partition coefficient (Wildman–Crippen LogP) is 3.13. The van der Waals surface area contributed by atoms with Gasteiger partial charge in [0, 0.05) is 12.6 Å². The minimum Gasteiger partial charge on any atom is -0.496 e. The van der Waals surface area contributed by atoms with Crippen molar-refractivity contribution < 1.29 is 9.53 Å². The maximum absolute atomic E-state index is 11.4. The molecule has 7 heteroatoms. The highest BCUT2D eigenvalue weighted by atomic mass is 32.1. The Balaban J connectivity index is 2.29. The number of carbonyl (C=O) groups is 1. The quantitative estimate of drug-likeness (QED) is 0.732. The van der Waals surface area contributed by atoms with E-state index in [-0.39, 0.29) is 6.04 Å². The Bertz CT molecular complexity index is 795. The van der Waals surface area contributed by atoms with Crippen LogP contribution < -0.4 is 15.3 Å². The summed E-state index contributed by atoms with van der Waals surface area (Å²) < 4.78 is 7.07. The van der Waals surface area contributed by atoms with E-state index < -0.39 is 5.91 Å². The molecule has 0 fully saturated rings. The second-order valence-electron chi connectivity index (χ2n) is 6.07. The zero-order valence-electron chi connectivity index (χ0n) is 15.3. The van der Waals surface area contributed by atoms with Crippen molar-refractivity contribution in [1.82, 2.24) is 9.78 Å². The molecule has 2 aromatic rings. The van der Waals surface area contributed by atoms with E-state index in [4.69, 9.17) is 15.5 Å². The third-order valence-corrected chi connectivity index (χ3v) is 5.04. The number of primary amides is 1. The molecule has 0 radical (unpaired) electrons. The van der Waals surface area contributed by atoms with Crippen LogP contribution in [0.5, 0.6) is 5.75 Å². The molecule has 136 valence electrons. The number of rotatable bonds is 8. The predicted molar refractivity (Wildman–Crippen MR) is 101 cm³/mol. The number of carbonyl (C=O) groups excluding carboxylic acids is 1. The number of unbranched alkanes of at least 4 members (excludes halogenated alkanes) is 2. The van der Waals surface area contributed by atoms with Crippen molar-refractivity contribution in [2.75, 3.05) is 7.11 Å². The molecule has 0 aliphatic heterocycles. The van der Waals surface area contributed by atoms with Crippen molar-refractivity contribution in [2.45, 2.75) is 45.6 Å². The minimum absolute atomic E-state index is 0.276. The van der Waals surface area contributed by atoms with Gasteiger partial charge in [-0.2, -0.15) is 5.10 Å². The van der Waals surface area contributed by atoms with Crippen molar-refractivity contribution in [3.63, 3.8) is 0 Å². The third kappa shape index (κ3) is 4.92. The molecule has 1 aromatic heterocycles. The molecule has 1 aromatic carbocycles. The highest BCUT2D eigenvalue weighted by Gasteiger charge is 2.13. The lowest BCUT2D eigenvalue weighted by Gasteiger charge is -2.06. The van der Waals surface area contributed by atoms with Crippen LogP contribution in [0.15, 0.2) is 23.2 Å². The molecule has 2 rings (SSSR count). The summed E-state index contributed by atoms with van der Waals surface area (Å²) in [5.74, 6) is -0.0565. The number of benzene rings is 1. The summed E-state index contributed by atoms with van der Waals surface area (Å²) in [7, 11) is 3.42. The molecule has 1 amide bonds. The van der Waals surface area contributed by atoms with Gasteiger partial charge in [-0.15, -0.1) is 0 Å². The Labute approximate surface area is 152 Å². The first kappa shape index (κ1) is 19.2. The van der Waals surface area contributed by atoms with E-state index in [9.17, 15) is 4.79 Å². The van der Waals surface area contributed by atoms with Crippen LogP contribution in [0, 0.1) is 0 Å². The molecule has 0 aliphatic rings. The Morgan fingerprint density at radius 2 is 2.20 bits per heavy atom. The van der Waals surface area contributed by atoms with E-state index >= 15 is 0 Å². The fraction of sp³-hybridized carbons (Fsp3) is 0.500. The highest BCUT2D eigenvalue weighted by Crippen LogP contribution is 2.27. The lowest BCUT2D eigenvalue weighted by molar-refractivity contribution is 0.0997. The van der Waals surface area contributed by atoms with Gasteiger partial charge < -0.3 is 10.5 Å². The van der Waals surface area contributed by atoms with Crippen molar-refractivity contribution >= 4 is 17.2 Å². The molecule has 0 spiro atoms. The molecule has 0 bridgehead atoms. The van der Waals surface area contributed by atoms with Gasteiger partial charge in [-0.05, 0) is 25.5 Å². The van der Waals surface area contributed by atoms with Crippen LogP contribution in [0.4, 0.5) is 0 Å². The van der Waals surface area contributed by atoms with Crippen LogP contribution in [0.2, 0.25) is 0 Å². The lowest BCUT2D eigenvalue weighted by Crippen LogP contribution is -2.15. The Hall–Kier alpha value is -2.15. The number of hydrogen-bond acceptors (Lipinski definition) is 5. The van der Waals surface area contributed by atoms with Gasteiger partial charge in [-0.25, -0.2) is 4.68 Å². The molecule has 1 heterocycles. The summed E-state index contributed by atoms with van der Waals surface area (Å²) in [4.78, 5) is 17.1. The van der Waals surface area contributed by atoms with Crippen LogP contribution in [0.1, 0.15) is 49.9 Å². The normalized spacial score (nSPS) is 13.0. The standard InChI is InChI=1S/C18H26N4O2S/c1-5-6-7-8-12(2)20-18-22(3)21-17(25-18)13-9-10-14(16(19)23)15(11-13)24-4/h9-12H,5-8H2,1-4H3,(H2,19,23). The average molecular weight is 362 g/mol. The lowest BCUT2D eigenvalue weighted by atomic mass is 10.1. The largest absolute Gasteiger partial charge is 0.496 e. The van der Waals surface area contributed by atoms with Crippen molar-refractivity contribution in [1.29, 1.82) is 0 Å². The first-order valence-corrected chi connectivity index (χ1v) is 9.34. The summed E-state index contributed by atoms with van der Waals surface area (Å²) in [6.45, 7) is 4.34. The van der Waals surface area contributed by atoms with E-state index in [1.165, 1.54) is 37.7 Å². The summed E-state index contributed by atoms with van der Waals surface area (Å²) in [5.41, 5.74) is 6.60. The zero-order chi connectivity index (χ0) is 18.4. The first-order valence-electron chi connectivity index (χ1n) is 8.52. The highest BCUT2D eigenvalue weighted by molar-refractivity contribution is 7.12. The van der Waals surface area contributed by atoms with Crippen molar-refractivity contribution in [3.8, 4) is 16.3 Å². The summed E-state index contributed by atoms with van der Waals surface area (Å²) >= 11 is 1.53. The molecule has 25 heavy (non-hydrogen) atoms. The Morgan fingerprint density at radius 3 is 2.84 bits per heavy atom. The first-order chi connectivity index (χ1) is 12.0. The van der Waals surface area contributed by atoms with Gasteiger partial charge >= 0.3 is 0 Å². The van der Waals surface area contributed by atoms with Crippen molar-refractivity contribution in [3.05, 3.63) is 28.6 Å². The number of aryl methyl sites for hydroxylation is 1. The number of amides is 1. The van der Waals surface area contributed by atoms with Crippen LogP contribution in [-0.2, 0) is 7.05 Å². The van der Waals surface area contributed by atoms with E-state index in [1.54, 1.807) is 16.8 Å². The number of methoxy groups -OCH3 is 1. The Morgan fingerprint density at radius 1 is 1.44 bits per heavy atom. The van der Waals surface area contributed by atoms with E-state index in [0.29, 0.717) is 11.3 Å². The van der Waals surface area contributed by atoms with Gasteiger partial charge in [0.05, 0.1) is 18.7 Å². The molecule has 2 N–H and O–H groups in total. The van der Waals surface area contributed by atoms with Crippen LogP contribution in [-0.4, -0.2) is 28.8 Å². The molecule has 1 unspecified atom stereocenters. The SMILES string of the molecule is CCCCCC(C)N=c1sc(-c2ccc(C(N)=O)c(OC)c2)nn1C. The van der Waals surface area contributed by atoms with Gasteiger partial charge in [-0.3, -0.25) is 9.79 Å². The molecule has 0 aliphatic carbocycles. The maximum atomic E-state index is 11.4. The van der Waals surface area contributed by atoms with Gasteiger partial charge in [0.25, 0.3) is 5.91 Å².